The molecule has 1 aromatic rings. The number of rotatable bonds is 3. The van der Waals surface area contributed by atoms with Crippen molar-refractivity contribution >= 4 is 19.4 Å². The van der Waals surface area contributed by atoms with Crippen LogP contribution in [0.3, 0.4) is 0 Å². The van der Waals surface area contributed by atoms with E-state index in [0.29, 0.717) is 5.56 Å². The molecule has 0 N–H and O–H groups in total. The number of benzene rings is 1. The van der Waals surface area contributed by atoms with Gasteiger partial charge in [-0.15, -0.1) is 0 Å². The third kappa shape index (κ3) is 2.49. The van der Waals surface area contributed by atoms with Crippen LogP contribution in [-0.2, 0) is 4.43 Å². The van der Waals surface area contributed by atoms with Crippen molar-refractivity contribution in [2.24, 2.45) is 5.11 Å². The standard InChI is InChI=1S/C10H13N3O2Si/c1-15-16(2,3)9-7-5-4-6-8(9)10(14)12-13-11/h4-7H,1-3H3. The van der Waals surface area contributed by atoms with Gasteiger partial charge in [0, 0.05) is 17.6 Å². The molecule has 84 valence electrons. The highest BCUT2D eigenvalue weighted by Gasteiger charge is 2.28. The summed E-state index contributed by atoms with van der Waals surface area (Å²) in [5.74, 6) is -0.560. The highest BCUT2D eigenvalue weighted by molar-refractivity contribution is 6.85. The van der Waals surface area contributed by atoms with Gasteiger partial charge in [0.1, 0.15) is 0 Å². The van der Waals surface area contributed by atoms with Crippen molar-refractivity contribution in [3.63, 3.8) is 0 Å². The molecule has 0 atom stereocenters. The quantitative estimate of drug-likeness (QED) is 0.348. The van der Waals surface area contributed by atoms with Crippen LogP contribution in [0.25, 0.3) is 10.4 Å². The van der Waals surface area contributed by atoms with E-state index in [1.54, 1.807) is 19.2 Å². The van der Waals surface area contributed by atoms with Crippen molar-refractivity contribution < 1.29 is 9.22 Å². The molecule has 0 saturated heterocycles. The second-order valence-electron chi connectivity index (χ2n) is 3.75. The van der Waals surface area contributed by atoms with Gasteiger partial charge in [-0.25, -0.2) is 0 Å². The Morgan fingerprint density at radius 3 is 2.62 bits per heavy atom. The summed E-state index contributed by atoms with van der Waals surface area (Å²) in [7, 11) is -0.468. The lowest BCUT2D eigenvalue weighted by molar-refractivity contribution is 0.100. The molecule has 0 fully saturated rings. The first-order chi connectivity index (χ1) is 7.53. The van der Waals surface area contributed by atoms with Crippen LogP contribution in [-0.4, -0.2) is 21.3 Å². The first-order valence-electron chi connectivity index (χ1n) is 4.77. The molecular formula is C10H13N3O2Si. The predicted molar refractivity (Wildman–Crippen MR) is 64.0 cm³/mol. The molecule has 0 unspecified atom stereocenters. The lowest BCUT2D eigenvalue weighted by Gasteiger charge is -2.22. The maximum absolute atomic E-state index is 11.6. The fraction of sp³-hybridized carbons (Fsp3) is 0.300. The molecular weight excluding hydrogens is 222 g/mol. The minimum atomic E-state index is -2.09. The van der Waals surface area contributed by atoms with Crippen LogP contribution < -0.4 is 5.19 Å². The molecule has 0 heterocycles. The molecule has 0 bridgehead atoms. The Morgan fingerprint density at radius 2 is 2.06 bits per heavy atom. The first kappa shape index (κ1) is 12.4. The number of hydrogen-bond donors (Lipinski definition) is 0. The number of hydrogen-bond acceptors (Lipinski definition) is 2. The van der Waals surface area contributed by atoms with Gasteiger partial charge in [-0.05, 0) is 28.9 Å². The van der Waals surface area contributed by atoms with Crippen LogP contribution in [0, 0.1) is 0 Å². The molecule has 0 aliphatic rings. The third-order valence-electron chi connectivity index (χ3n) is 2.45. The van der Waals surface area contributed by atoms with E-state index in [1.165, 1.54) is 0 Å². The summed E-state index contributed by atoms with van der Waals surface area (Å²) >= 11 is 0. The summed E-state index contributed by atoms with van der Waals surface area (Å²) in [6.07, 6.45) is 0. The van der Waals surface area contributed by atoms with Crippen LogP contribution >= 0.6 is 0 Å². The summed E-state index contributed by atoms with van der Waals surface area (Å²) in [4.78, 5) is 14.1. The van der Waals surface area contributed by atoms with E-state index in [4.69, 9.17) is 9.96 Å². The Hall–Kier alpha value is -1.62. The van der Waals surface area contributed by atoms with Gasteiger partial charge in [-0.1, -0.05) is 24.3 Å². The molecule has 5 nitrogen and oxygen atoms in total. The highest BCUT2D eigenvalue weighted by Crippen LogP contribution is 2.09. The zero-order chi connectivity index (χ0) is 12.2. The number of azide groups is 1. The summed E-state index contributed by atoms with van der Waals surface area (Å²) < 4.78 is 5.44. The van der Waals surface area contributed by atoms with Crippen LogP contribution in [0.4, 0.5) is 0 Å². The summed E-state index contributed by atoms with van der Waals surface area (Å²) in [5, 5.41) is 3.95. The van der Waals surface area contributed by atoms with Gasteiger partial charge in [0.2, 0.25) is 14.2 Å². The Bertz CT molecular complexity index is 453. The zero-order valence-electron chi connectivity index (χ0n) is 9.47. The van der Waals surface area contributed by atoms with Crippen molar-refractivity contribution in [3.05, 3.63) is 40.3 Å². The van der Waals surface area contributed by atoms with Gasteiger partial charge in [-0.3, -0.25) is 4.79 Å². The van der Waals surface area contributed by atoms with Crippen molar-refractivity contribution in [2.75, 3.05) is 7.11 Å². The zero-order valence-corrected chi connectivity index (χ0v) is 10.5. The number of carbonyl (C=O) groups is 1. The smallest absolute Gasteiger partial charge is 0.249 e. The van der Waals surface area contributed by atoms with Crippen molar-refractivity contribution in [1.29, 1.82) is 0 Å². The van der Waals surface area contributed by atoms with Crippen LogP contribution in [0.2, 0.25) is 13.1 Å². The molecule has 0 aliphatic heterocycles. The Kier molecular flexibility index (Phi) is 3.84. The molecule has 0 saturated carbocycles. The van der Waals surface area contributed by atoms with E-state index >= 15 is 0 Å². The van der Waals surface area contributed by atoms with Gasteiger partial charge >= 0.3 is 0 Å². The van der Waals surface area contributed by atoms with Gasteiger partial charge in [0.05, 0.1) is 0 Å². The fourth-order valence-electron chi connectivity index (χ4n) is 1.40. The van der Waals surface area contributed by atoms with E-state index in [1.807, 2.05) is 25.2 Å². The van der Waals surface area contributed by atoms with Crippen LogP contribution in [0.1, 0.15) is 10.4 Å². The van der Waals surface area contributed by atoms with E-state index in [9.17, 15) is 4.79 Å². The number of amides is 1. The fourth-order valence-corrected chi connectivity index (χ4v) is 2.96. The molecule has 0 radical (unpaired) electrons. The SMILES string of the molecule is CO[Si](C)(C)c1ccccc1C(=O)N=[N+]=[N-]. The summed E-state index contributed by atoms with van der Waals surface area (Å²) in [6, 6.07) is 7.08. The first-order valence-corrected chi connectivity index (χ1v) is 7.68. The van der Waals surface area contributed by atoms with Crippen molar-refractivity contribution in [2.45, 2.75) is 13.1 Å². The molecule has 0 aromatic heterocycles. The number of carbonyl (C=O) groups excluding carboxylic acids is 1. The van der Waals surface area contributed by atoms with Gasteiger partial charge in [0.15, 0.2) is 0 Å². The monoisotopic (exact) mass is 235 g/mol. The summed E-state index contributed by atoms with van der Waals surface area (Å²) in [5.41, 5.74) is 8.70. The third-order valence-corrected chi connectivity index (χ3v) is 5.21. The van der Waals surface area contributed by atoms with Gasteiger partial charge < -0.3 is 4.43 Å². The van der Waals surface area contributed by atoms with E-state index in [2.05, 4.69) is 10.0 Å². The maximum Gasteiger partial charge on any atom is 0.249 e. The Labute approximate surface area is 94.8 Å². The van der Waals surface area contributed by atoms with Crippen molar-refractivity contribution in [3.8, 4) is 0 Å². The molecule has 1 amide bonds. The minimum Gasteiger partial charge on any atom is -0.416 e. The predicted octanol–water partition coefficient (Wildman–Crippen LogP) is 2.20. The second-order valence-corrected chi connectivity index (χ2v) is 7.72. The van der Waals surface area contributed by atoms with Gasteiger partial charge in [-0.2, -0.15) is 0 Å². The van der Waals surface area contributed by atoms with Gasteiger partial charge in [0.25, 0.3) is 0 Å². The Morgan fingerprint density at radius 1 is 1.44 bits per heavy atom. The van der Waals surface area contributed by atoms with Crippen molar-refractivity contribution in [1.82, 2.24) is 0 Å². The van der Waals surface area contributed by atoms with E-state index < -0.39 is 14.2 Å². The Balaban J connectivity index is 3.30. The largest absolute Gasteiger partial charge is 0.416 e. The van der Waals surface area contributed by atoms with Crippen LogP contribution in [0.15, 0.2) is 29.4 Å². The molecule has 1 rings (SSSR count). The minimum absolute atomic E-state index is 0.429. The van der Waals surface area contributed by atoms with E-state index in [-0.39, 0.29) is 0 Å². The highest BCUT2D eigenvalue weighted by atomic mass is 28.4. The lowest BCUT2D eigenvalue weighted by atomic mass is 10.2. The molecule has 1 aromatic carbocycles. The second kappa shape index (κ2) is 4.94. The molecule has 16 heavy (non-hydrogen) atoms. The molecule has 6 heteroatoms. The average Bonchev–Trinajstić information content (AvgIpc) is 2.29. The number of nitrogens with zero attached hydrogens (tertiary/aromatic N) is 3. The average molecular weight is 235 g/mol. The molecule has 0 spiro atoms. The lowest BCUT2D eigenvalue weighted by Crippen LogP contribution is -2.46. The van der Waals surface area contributed by atoms with E-state index in [0.717, 1.165) is 5.19 Å². The maximum atomic E-state index is 11.6. The topological polar surface area (TPSA) is 75.1 Å². The molecule has 0 aliphatic carbocycles. The normalized spacial score (nSPS) is 10.7. The summed E-state index contributed by atoms with van der Waals surface area (Å²) in [6.45, 7) is 3.96. The van der Waals surface area contributed by atoms with Crippen LogP contribution in [0.5, 0.6) is 0 Å².